The second-order valence-corrected chi connectivity index (χ2v) is 5.12. The quantitative estimate of drug-likeness (QED) is 0.616. The van der Waals surface area contributed by atoms with Gasteiger partial charge in [-0.2, -0.15) is 0 Å². The van der Waals surface area contributed by atoms with E-state index in [9.17, 15) is 15.3 Å². The highest BCUT2D eigenvalue weighted by Gasteiger charge is 2.53. The van der Waals surface area contributed by atoms with Crippen LogP contribution in [0.5, 0.6) is 0 Å². The van der Waals surface area contributed by atoms with Crippen LogP contribution in [0.1, 0.15) is 18.6 Å². The number of hydrogen-bond donors (Lipinski definition) is 4. The first-order valence-electron chi connectivity index (χ1n) is 5.59. The van der Waals surface area contributed by atoms with E-state index < -0.39 is 30.1 Å². The molecule has 0 unspecified atom stereocenters. The molecule has 18 heavy (non-hydrogen) atoms. The second-order valence-electron chi connectivity index (χ2n) is 4.69. The molecule has 1 aromatic carbocycles. The minimum Gasteiger partial charge on any atom is -0.386 e. The minimum absolute atomic E-state index is 0.533. The number of benzene rings is 1. The average Bonchev–Trinajstić information content (AvgIpc) is 2.53. The highest BCUT2D eigenvalue weighted by atomic mass is 35.5. The van der Waals surface area contributed by atoms with Crippen LogP contribution in [0.3, 0.4) is 0 Å². The van der Waals surface area contributed by atoms with E-state index in [1.165, 1.54) is 6.92 Å². The molecule has 2 rings (SSSR count). The molecule has 5 N–H and O–H groups in total. The van der Waals surface area contributed by atoms with Crippen molar-refractivity contribution in [1.29, 1.82) is 0 Å². The van der Waals surface area contributed by atoms with Crippen LogP contribution in [-0.4, -0.2) is 39.4 Å². The summed E-state index contributed by atoms with van der Waals surface area (Å²) in [5.41, 5.74) is 4.44. The van der Waals surface area contributed by atoms with Gasteiger partial charge in [0.05, 0.1) is 0 Å². The molecule has 0 radical (unpaired) electrons. The maximum absolute atomic E-state index is 10.2. The highest BCUT2D eigenvalue weighted by Crippen LogP contribution is 2.36. The molecule has 1 aromatic rings. The van der Waals surface area contributed by atoms with E-state index >= 15 is 0 Å². The Bertz CT molecular complexity index is 423. The third-order valence-corrected chi connectivity index (χ3v) is 3.54. The predicted molar refractivity (Wildman–Crippen MR) is 65.9 cm³/mol. The Labute approximate surface area is 110 Å². The number of hydrogen-bond acceptors (Lipinski definition) is 5. The molecule has 1 saturated heterocycles. The first kappa shape index (κ1) is 13.7. The van der Waals surface area contributed by atoms with Gasteiger partial charge in [0.1, 0.15) is 30.1 Å². The smallest absolute Gasteiger partial charge is 0.135 e. The average molecular weight is 274 g/mol. The molecule has 100 valence electrons. The van der Waals surface area contributed by atoms with Gasteiger partial charge in [-0.1, -0.05) is 23.7 Å². The summed E-state index contributed by atoms with van der Waals surface area (Å²) in [5, 5.41) is 30.6. The summed E-state index contributed by atoms with van der Waals surface area (Å²) in [6, 6.07) is 6.51. The van der Waals surface area contributed by atoms with Crippen LogP contribution >= 0.6 is 11.6 Å². The summed E-state index contributed by atoms with van der Waals surface area (Å²) in [5.74, 6) is 0. The molecule has 0 aromatic heterocycles. The van der Waals surface area contributed by atoms with E-state index in [1.54, 1.807) is 24.3 Å². The fourth-order valence-corrected chi connectivity index (χ4v) is 2.24. The molecule has 5 atom stereocenters. The minimum atomic E-state index is -1.61. The Morgan fingerprint density at radius 1 is 1.39 bits per heavy atom. The molecular formula is C12H16ClNO4. The zero-order chi connectivity index (χ0) is 13.5. The monoisotopic (exact) mass is 273 g/mol. The first-order valence-corrected chi connectivity index (χ1v) is 5.97. The summed E-state index contributed by atoms with van der Waals surface area (Å²) in [6.45, 7) is 1.38. The number of halogens is 1. The van der Waals surface area contributed by atoms with Gasteiger partial charge < -0.3 is 25.8 Å². The second kappa shape index (κ2) is 4.77. The third kappa shape index (κ3) is 2.25. The van der Waals surface area contributed by atoms with Crippen LogP contribution in [0.25, 0.3) is 0 Å². The maximum Gasteiger partial charge on any atom is 0.135 e. The summed E-state index contributed by atoms with van der Waals surface area (Å²) in [4.78, 5) is 0. The van der Waals surface area contributed by atoms with Crippen LogP contribution < -0.4 is 5.73 Å². The van der Waals surface area contributed by atoms with E-state index in [0.29, 0.717) is 10.6 Å². The van der Waals surface area contributed by atoms with Gasteiger partial charge in [0.25, 0.3) is 0 Å². The summed E-state index contributed by atoms with van der Waals surface area (Å²) < 4.78 is 5.23. The van der Waals surface area contributed by atoms with Gasteiger partial charge in [-0.25, -0.2) is 0 Å². The van der Waals surface area contributed by atoms with Crippen LogP contribution in [0.15, 0.2) is 24.3 Å². The van der Waals surface area contributed by atoms with Gasteiger partial charge in [-0.15, -0.1) is 0 Å². The van der Waals surface area contributed by atoms with Crippen molar-refractivity contribution >= 4 is 11.6 Å². The fraction of sp³-hybridized carbons (Fsp3) is 0.500. The third-order valence-electron chi connectivity index (χ3n) is 3.29. The molecule has 6 heteroatoms. The zero-order valence-electron chi connectivity index (χ0n) is 9.82. The summed E-state index contributed by atoms with van der Waals surface area (Å²) in [6.07, 6.45) is -4.36. The number of rotatable bonds is 2. The molecule has 0 amide bonds. The lowest BCUT2D eigenvalue weighted by atomic mass is 9.88. The van der Waals surface area contributed by atoms with Crippen molar-refractivity contribution in [2.45, 2.75) is 37.1 Å². The van der Waals surface area contributed by atoms with Crippen LogP contribution in [0.4, 0.5) is 0 Å². The maximum atomic E-state index is 10.2. The molecule has 0 aliphatic carbocycles. The number of ether oxygens (including phenoxy) is 1. The SMILES string of the molecule is C[C@@]1(O)[C@@H]([C@H](O)c2ccc(Cl)cc2)O[C@@H](N)[C@@H]1O. The molecule has 1 fully saturated rings. The molecule has 1 aliphatic rings. The lowest BCUT2D eigenvalue weighted by Gasteiger charge is -2.29. The van der Waals surface area contributed by atoms with Crippen LogP contribution in [-0.2, 0) is 4.74 Å². The summed E-state index contributed by atoms with van der Waals surface area (Å²) >= 11 is 5.76. The van der Waals surface area contributed by atoms with Crippen molar-refractivity contribution in [3.8, 4) is 0 Å². The largest absolute Gasteiger partial charge is 0.386 e. The van der Waals surface area contributed by atoms with Crippen molar-refractivity contribution in [1.82, 2.24) is 0 Å². The topological polar surface area (TPSA) is 95.9 Å². The van der Waals surface area contributed by atoms with Gasteiger partial charge in [0.15, 0.2) is 0 Å². The molecule has 1 aliphatic heterocycles. The molecule has 1 heterocycles. The molecular weight excluding hydrogens is 258 g/mol. The van der Waals surface area contributed by atoms with Crippen molar-refractivity contribution in [3.05, 3.63) is 34.9 Å². The molecule has 0 bridgehead atoms. The van der Waals surface area contributed by atoms with Crippen molar-refractivity contribution in [2.75, 3.05) is 0 Å². The van der Waals surface area contributed by atoms with Gasteiger partial charge in [-0.05, 0) is 24.6 Å². The first-order chi connectivity index (χ1) is 8.34. The van der Waals surface area contributed by atoms with Crippen molar-refractivity contribution in [2.24, 2.45) is 5.73 Å². The molecule has 0 saturated carbocycles. The summed E-state index contributed by atoms with van der Waals surface area (Å²) in [7, 11) is 0. The number of aliphatic hydroxyl groups excluding tert-OH is 2. The Morgan fingerprint density at radius 2 is 1.94 bits per heavy atom. The van der Waals surface area contributed by atoms with E-state index in [0.717, 1.165) is 0 Å². The van der Waals surface area contributed by atoms with Crippen molar-refractivity contribution in [3.63, 3.8) is 0 Å². The Morgan fingerprint density at radius 3 is 2.39 bits per heavy atom. The number of aliphatic hydroxyl groups is 3. The Balaban J connectivity index is 2.24. The predicted octanol–water partition coefficient (Wildman–Crippen LogP) is 0.169. The van der Waals surface area contributed by atoms with Crippen LogP contribution in [0, 0.1) is 0 Å². The lowest BCUT2D eigenvalue weighted by molar-refractivity contribution is -0.111. The zero-order valence-corrected chi connectivity index (χ0v) is 10.6. The number of nitrogens with two attached hydrogens (primary N) is 1. The Hall–Kier alpha value is -0.690. The Kier molecular flexibility index (Phi) is 3.64. The molecule has 0 spiro atoms. The van der Waals surface area contributed by atoms with Gasteiger partial charge in [0.2, 0.25) is 0 Å². The molecule has 5 nitrogen and oxygen atoms in total. The van der Waals surface area contributed by atoms with Gasteiger partial charge >= 0.3 is 0 Å². The fourth-order valence-electron chi connectivity index (χ4n) is 2.11. The van der Waals surface area contributed by atoms with Gasteiger partial charge in [-0.3, -0.25) is 0 Å². The van der Waals surface area contributed by atoms with E-state index in [1.807, 2.05) is 0 Å². The van der Waals surface area contributed by atoms with E-state index in [-0.39, 0.29) is 0 Å². The van der Waals surface area contributed by atoms with Crippen molar-refractivity contribution < 1.29 is 20.1 Å². The normalized spacial score (nSPS) is 37.8. The van der Waals surface area contributed by atoms with E-state index in [4.69, 9.17) is 22.1 Å². The standard InChI is InChI=1S/C12H16ClNO4/c1-12(17)9(16)11(14)18-10(12)8(15)6-2-4-7(13)5-3-6/h2-5,8-11,15-17H,14H2,1H3/t8-,9+,10-,11-,12+/m1/s1. The van der Waals surface area contributed by atoms with Gasteiger partial charge in [0, 0.05) is 5.02 Å². The van der Waals surface area contributed by atoms with Crippen LogP contribution in [0.2, 0.25) is 5.02 Å². The lowest BCUT2D eigenvalue weighted by Crippen LogP contribution is -2.48. The van der Waals surface area contributed by atoms with E-state index in [2.05, 4.69) is 0 Å². The highest BCUT2D eigenvalue weighted by molar-refractivity contribution is 6.30.